The quantitative estimate of drug-likeness (QED) is 0.642. The molecule has 0 atom stereocenters. The first-order chi connectivity index (χ1) is 8.25. The summed E-state index contributed by atoms with van der Waals surface area (Å²) in [5.74, 6) is -0.0971. The standard InChI is InChI=1S/C14H19NO2/c15-13-8-4-1-5-11(13)9-10-14(16)17-12-6-2-3-7-12/h1,4-5,8,12H,2-3,6-7,9-10,15H2. The molecular formula is C14H19NO2. The predicted molar refractivity (Wildman–Crippen MR) is 67.5 cm³/mol. The Bertz CT molecular complexity index is 384. The zero-order valence-electron chi connectivity index (χ0n) is 10.0. The molecule has 0 heterocycles. The highest BCUT2D eigenvalue weighted by atomic mass is 16.5. The highest BCUT2D eigenvalue weighted by molar-refractivity contribution is 5.70. The lowest BCUT2D eigenvalue weighted by atomic mass is 10.1. The van der Waals surface area contributed by atoms with Gasteiger partial charge in [0.2, 0.25) is 0 Å². The van der Waals surface area contributed by atoms with Crippen molar-refractivity contribution >= 4 is 11.7 Å². The lowest BCUT2D eigenvalue weighted by molar-refractivity contribution is -0.148. The van der Waals surface area contributed by atoms with Crippen molar-refractivity contribution in [3.05, 3.63) is 29.8 Å². The fourth-order valence-corrected chi connectivity index (χ4v) is 2.25. The van der Waals surface area contributed by atoms with Gasteiger partial charge in [-0.3, -0.25) is 4.79 Å². The van der Waals surface area contributed by atoms with Crippen molar-refractivity contribution in [2.45, 2.75) is 44.6 Å². The number of esters is 1. The van der Waals surface area contributed by atoms with Crippen LogP contribution in [0.5, 0.6) is 0 Å². The molecule has 2 N–H and O–H groups in total. The van der Waals surface area contributed by atoms with Gasteiger partial charge in [0.25, 0.3) is 0 Å². The SMILES string of the molecule is Nc1ccccc1CCC(=O)OC1CCCC1. The third-order valence-corrected chi connectivity index (χ3v) is 3.25. The van der Waals surface area contributed by atoms with Gasteiger partial charge >= 0.3 is 5.97 Å². The fourth-order valence-electron chi connectivity index (χ4n) is 2.25. The van der Waals surface area contributed by atoms with Crippen molar-refractivity contribution in [1.82, 2.24) is 0 Å². The van der Waals surface area contributed by atoms with E-state index in [1.54, 1.807) is 0 Å². The molecule has 92 valence electrons. The Morgan fingerprint density at radius 1 is 1.29 bits per heavy atom. The molecule has 1 saturated carbocycles. The summed E-state index contributed by atoms with van der Waals surface area (Å²) in [5, 5.41) is 0. The number of para-hydroxylation sites is 1. The van der Waals surface area contributed by atoms with Crippen LogP contribution in [0, 0.1) is 0 Å². The number of carbonyl (C=O) groups is 1. The molecule has 0 unspecified atom stereocenters. The zero-order chi connectivity index (χ0) is 12.1. The second kappa shape index (κ2) is 5.71. The molecule has 3 nitrogen and oxygen atoms in total. The smallest absolute Gasteiger partial charge is 0.306 e. The zero-order valence-corrected chi connectivity index (χ0v) is 10.0. The molecule has 0 saturated heterocycles. The summed E-state index contributed by atoms with van der Waals surface area (Å²) < 4.78 is 5.39. The Morgan fingerprint density at radius 3 is 2.71 bits per heavy atom. The number of rotatable bonds is 4. The Kier molecular flexibility index (Phi) is 4.02. The minimum absolute atomic E-state index is 0.0971. The van der Waals surface area contributed by atoms with Gasteiger partial charge in [-0.2, -0.15) is 0 Å². The summed E-state index contributed by atoms with van der Waals surface area (Å²) in [6, 6.07) is 7.65. The second-order valence-corrected chi connectivity index (χ2v) is 4.60. The average Bonchev–Trinajstić information content (AvgIpc) is 2.81. The van der Waals surface area contributed by atoms with E-state index in [-0.39, 0.29) is 12.1 Å². The molecule has 1 aromatic rings. The summed E-state index contributed by atoms with van der Waals surface area (Å²) in [5.41, 5.74) is 7.59. The van der Waals surface area contributed by atoms with Crippen molar-refractivity contribution in [2.75, 3.05) is 5.73 Å². The van der Waals surface area contributed by atoms with E-state index in [1.165, 1.54) is 12.8 Å². The number of hydrogen-bond acceptors (Lipinski definition) is 3. The number of nitrogen functional groups attached to an aromatic ring is 1. The predicted octanol–water partition coefficient (Wildman–Crippen LogP) is 2.69. The van der Waals surface area contributed by atoms with E-state index in [0.717, 1.165) is 24.1 Å². The molecular weight excluding hydrogens is 214 g/mol. The minimum Gasteiger partial charge on any atom is -0.462 e. The normalized spacial score (nSPS) is 16.0. The average molecular weight is 233 g/mol. The van der Waals surface area contributed by atoms with Crippen LogP contribution in [-0.4, -0.2) is 12.1 Å². The largest absolute Gasteiger partial charge is 0.462 e. The van der Waals surface area contributed by atoms with Crippen LogP contribution in [0.2, 0.25) is 0 Å². The maximum absolute atomic E-state index is 11.6. The summed E-state index contributed by atoms with van der Waals surface area (Å²) in [6.07, 6.45) is 5.67. The Hall–Kier alpha value is -1.51. The summed E-state index contributed by atoms with van der Waals surface area (Å²) in [7, 11) is 0. The lowest BCUT2D eigenvalue weighted by Crippen LogP contribution is -2.15. The monoisotopic (exact) mass is 233 g/mol. The van der Waals surface area contributed by atoms with Crippen LogP contribution < -0.4 is 5.73 Å². The van der Waals surface area contributed by atoms with Crippen LogP contribution in [0.3, 0.4) is 0 Å². The van der Waals surface area contributed by atoms with E-state index in [9.17, 15) is 4.79 Å². The molecule has 1 aliphatic carbocycles. The molecule has 0 aliphatic heterocycles. The summed E-state index contributed by atoms with van der Waals surface area (Å²) >= 11 is 0. The number of ether oxygens (including phenoxy) is 1. The van der Waals surface area contributed by atoms with Crippen molar-refractivity contribution < 1.29 is 9.53 Å². The number of benzene rings is 1. The molecule has 1 fully saturated rings. The van der Waals surface area contributed by atoms with Gasteiger partial charge in [0.15, 0.2) is 0 Å². The maximum Gasteiger partial charge on any atom is 0.306 e. The van der Waals surface area contributed by atoms with Gasteiger partial charge in [-0.25, -0.2) is 0 Å². The van der Waals surface area contributed by atoms with Gasteiger partial charge in [0.05, 0.1) is 0 Å². The molecule has 0 aromatic heterocycles. The Morgan fingerprint density at radius 2 is 2.00 bits per heavy atom. The van der Waals surface area contributed by atoms with Gasteiger partial charge < -0.3 is 10.5 Å². The van der Waals surface area contributed by atoms with Crippen LogP contribution in [0.1, 0.15) is 37.7 Å². The molecule has 0 spiro atoms. The second-order valence-electron chi connectivity index (χ2n) is 4.60. The molecule has 1 aromatic carbocycles. The lowest BCUT2D eigenvalue weighted by Gasteiger charge is -2.11. The first-order valence-electron chi connectivity index (χ1n) is 6.28. The van der Waals surface area contributed by atoms with Gasteiger partial charge in [0, 0.05) is 12.1 Å². The number of carbonyl (C=O) groups excluding carboxylic acids is 1. The van der Waals surface area contributed by atoms with Gasteiger partial charge in [-0.1, -0.05) is 18.2 Å². The Balaban J connectivity index is 1.77. The number of hydrogen-bond donors (Lipinski definition) is 1. The first-order valence-corrected chi connectivity index (χ1v) is 6.28. The van der Waals surface area contributed by atoms with Crippen LogP contribution in [0.4, 0.5) is 5.69 Å². The maximum atomic E-state index is 11.6. The summed E-state index contributed by atoms with van der Waals surface area (Å²) in [4.78, 5) is 11.6. The minimum atomic E-state index is -0.0971. The van der Waals surface area contributed by atoms with Gasteiger partial charge in [-0.15, -0.1) is 0 Å². The van der Waals surface area contributed by atoms with E-state index < -0.39 is 0 Å². The van der Waals surface area contributed by atoms with Crippen LogP contribution in [0.25, 0.3) is 0 Å². The van der Waals surface area contributed by atoms with Crippen molar-refractivity contribution in [3.8, 4) is 0 Å². The van der Waals surface area contributed by atoms with E-state index in [2.05, 4.69) is 0 Å². The fraction of sp³-hybridized carbons (Fsp3) is 0.500. The number of anilines is 1. The van der Waals surface area contributed by atoms with Crippen LogP contribution in [0.15, 0.2) is 24.3 Å². The topological polar surface area (TPSA) is 52.3 Å². The van der Waals surface area contributed by atoms with E-state index in [4.69, 9.17) is 10.5 Å². The molecule has 0 radical (unpaired) electrons. The third kappa shape index (κ3) is 3.48. The first kappa shape index (κ1) is 12.0. The van der Waals surface area contributed by atoms with Crippen LogP contribution in [-0.2, 0) is 16.0 Å². The molecule has 3 heteroatoms. The van der Waals surface area contributed by atoms with E-state index >= 15 is 0 Å². The van der Waals surface area contributed by atoms with E-state index in [1.807, 2.05) is 24.3 Å². The summed E-state index contributed by atoms with van der Waals surface area (Å²) in [6.45, 7) is 0. The molecule has 0 amide bonds. The molecule has 1 aliphatic rings. The van der Waals surface area contributed by atoms with Gasteiger partial charge in [0.1, 0.15) is 6.10 Å². The molecule has 17 heavy (non-hydrogen) atoms. The van der Waals surface area contributed by atoms with Crippen molar-refractivity contribution in [2.24, 2.45) is 0 Å². The highest BCUT2D eigenvalue weighted by Crippen LogP contribution is 2.21. The van der Waals surface area contributed by atoms with Gasteiger partial charge in [-0.05, 0) is 43.7 Å². The highest BCUT2D eigenvalue weighted by Gasteiger charge is 2.18. The Labute approximate surface area is 102 Å². The molecule has 2 rings (SSSR count). The van der Waals surface area contributed by atoms with Crippen molar-refractivity contribution in [3.63, 3.8) is 0 Å². The number of aryl methyl sites for hydroxylation is 1. The third-order valence-electron chi connectivity index (χ3n) is 3.25. The molecule has 0 bridgehead atoms. The number of nitrogens with two attached hydrogens (primary N) is 1. The van der Waals surface area contributed by atoms with Crippen LogP contribution >= 0.6 is 0 Å². The van der Waals surface area contributed by atoms with Crippen molar-refractivity contribution in [1.29, 1.82) is 0 Å². The van der Waals surface area contributed by atoms with E-state index in [0.29, 0.717) is 12.8 Å².